The van der Waals surface area contributed by atoms with Gasteiger partial charge in [-0.05, 0) is 25.7 Å². The largest absolute Gasteiger partial charge is 0.381 e. The fourth-order valence-corrected chi connectivity index (χ4v) is 3.64. The predicted octanol–water partition coefficient (Wildman–Crippen LogP) is 8.86. The summed E-state index contributed by atoms with van der Waals surface area (Å²) < 4.78 is 11.5. The molecule has 28 heavy (non-hydrogen) atoms. The van der Waals surface area contributed by atoms with E-state index < -0.39 is 0 Å². The molecule has 0 rings (SSSR count). The maximum atomic E-state index is 5.75. The normalized spacial score (nSPS) is 11.4. The second kappa shape index (κ2) is 26.9. The number of ether oxygens (including phenoxy) is 2. The van der Waals surface area contributed by atoms with E-state index in [4.69, 9.17) is 9.47 Å². The maximum Gasteiger partial charge on any atom is 0.0466 e. The van der Waals surface area contributed by atoms with Crippen LogP contribution in [0, 0.1) is 0 Å². The Morgan fingerprint density at radius 2 is 0.500 bits per heavy atom. The van der Waals surface area contributed by atoms with Gasteiger partial charge in [-0.15, -0.1) is 0 Å². The lowest BCUT2D eigenvalue weighted by atomic mass is 10.1. The molecule has 0 spiro atoms. The molecule has 0 heterocycles. The molecule has 0 aromatic heterocycles. The third-order valence-electron chi connectivity index (χ3n) is 5.61. The van der Waals surface area contributed by atoms with Crippen LogP contribution >= 0.6 is 0 Å². The van der Waals surface area contributed by atoms with Crippen LogP contribution < -0.4 is 0 Å². The lowest BCUT2D eigenvalue weighted by Crippen LogP contribution is -1.97. The number of unbranched alkanes of at least 4 members (excludes halogenated alkanes) is 17. The van der Waals surface area contributed by atoms with Crippen molar-refractivity contribution >= 4 is 0 Å². The van der Waals surface area contributed by atoms with E-state index in [2.05, 4.69) is 13.8 Å². The van der Waals surface area contributed by atoms with Gasteiger partial charge in [-0.25, -0.2) is 0 Å². The van der Waals surface area contributed by atoms with Gasteiger partial charge < -0.3 is 9.47 Å². The Hall–Kier alpha value is -0.0800. The Labute approximate surface area is 178 Å². The van der Waals surface area contributed by atoms with Gasteiger partial charge in [0.15, 0.2) is 0 Å². The molecule has 0 atom stereocenters. The third kappa shape index (κ3) is 25.9. The lowest BCUT2D eigenvalue weighted by Gasteiger charge is -2.05. The minimum Gasteiger partial charge on any atom is -0.381 e. The summed E-state index contributed by atoms with van der Waals surface area (Å²) in [4.78, 5) is 0. The Bertz CT molecular complexity index is 229. The van der Waals surface area contributed by atoms with Crippen LogP contribution in [-0.2, 0) is 9.47 Å². The Balaban J connectivity index is 2.96. The topological polar surface area (TPSA) is 18.5 Å². The van der Waals surface area contributed by atoms with Gasteiger partial charge in [0.2, 0.25) is 0 Å². The highest BCUT2D eigenvalue weighted by molar-refractivity contribution is 4.49. The average Bonchev–Trinajstić information content (AvgIpc) is 2.71. The molecule has 0 radical (unpaired) electrons. The highest BCUT2D eigenvalue weighted by Crippen LogP contribution is 2.11. The molecule has 0 amide bonds. The van der Waals surface area contributed by atoms with Crippen LogP contribution in [0.3, 0.4) is 0 Å². The molecule has 2 nitrogen and oxygen atoms in total. The molecule has 0 fully saturated rings. The first-order valence-electron chi connectivity index (χ1n) is 13.1. The highest BCUT2D eigenvalue weighted by Gasteiger charge is 1.95. The quantitative estimate of drug-likeness (QED) is 0.143. The summed E-state index contributed by atoms with van der Waals surface area (Å²) in [5.74, 6) is 0. The van der Waals surface area contributed by atoms with E-state index in [-0.39, 0.29) is 0 Å². The smallest absolute Gasteiger partial charge is 0.0466 e. The summed E-state index contributed by atoms with van der Waals surface area (Å²) in [6.45, 7) is 8.45. The van der Waals surface area contributed by atoms with Crippen LogP contribution in [0.15, 0.2) is 0 Å². The Morgan fingerprint density at radius 3 is 0.786 bits per heavy atom. The van der Waals surface area contributed by atoms with Crippen molar-refractivity contribution in [2.45, 2.75) is 142 Å². The van der Waals surface area contributed by atoms with Crippen LogP contribution in [0.25, 0.3) is 0 Å². The Morgan fingerprint density at radius 1 is 0.286 bits per heavy atom. The zero-order valence-corrected chi connectivity index (χ0v) is 19.8. The van der Waals surface area contributed by atoms with Gasteiger partial charge >= 0.3 is 0 Å². The van der Waals surface area contributed by atoms with Crippen molar-refractivity contribution in [3.05, 3.63) is 0 Å². The zero-order valence-electron chi connectivity index (χ0n) is 19.8. The van der Waals surface area contributed by atoms with Crippen LogP contribution in [0.5, 0.6) is 0 Å². The summed E-state index contributed by atoms with van der Waals surface area (Å²) in [6.07, 6.45) is 27.1. The van der Waals surface area contributed by atoms with Crippen molar-refractivity contribution in [2.24, 2.45) is 0 Å². The summed E-state index contributed by atoms with van der Waals surface area (Å²) >= 11 is 0. The molecule has 0 aliphatic heterocycles. The molecule has 0 aromatic carbocycles. The van der Waals surface area contributed by atoms with E-state index in [1.54, 1.807) is 0 Å². The first-order valence-corrected chi connectivity index (χ1v) is 13.1. The van der Waals surface area contributed by atoms with Crippen molar-refractivity contribution in [2.75, 3.05) is 26.4 Å². The summed E-state index contributed by atoms with van der Waals surface area (Å²) in [5, 5.41) is 0. The molecule has 0 aliphatic rings. The van der Waals surface area contributed by atoms with E-state index in [1.807, 2.05) is 0 Å². The molecule has 0 bridgehead atoms. The molecule has 170 valence electrons. The van der Waals surface area contributed by atoms with Gasteiger partial charge in [0.05, 0.1) is 0 Å². The van der Waals surface area contributed by atoms with Crippen LogP contribution in [-0.4, -0.2) is 26.4 Å². The predicted molar refractivity (Wildman–Crippen MR) is 125 cm³/mol. The molecule has 0 aliphatic carbocycles. The average molecular weight is 399 g/mol. The van der Waals surface area contributed by atoms with E-state index >= 15 is 0 Å². The summed E-state index contributed by atoms with van der Waals surface area (Å²) in [5.41, 5.74) is 0. The standard InChI is InChI=1S/C26H54O2/c1-3-5-7-9-16-20-24-28-26-22-18-15-13-11-10-12-14-17-21-25-27-23-19-8-6-4-2/h3-26H2,1-2H3. The van der Waals surface area contributed by atoms with Gasteiger partial charge in [0.1, 0.15) is 0 Å². The number of hydrogen-bond acceptors (Lipinski definition) is 2. The molecule has 0 saturated heterocycles. The molecular formula is C26H54O2. The molecule has 0 saturated carbocycles. The maximum absolute atomic E-state index is 5.75. The zero-order chi connectivity index (χ0) is 20.4. The SMILES string of the molecule is CCCCCCCCOCCCCCCCCCCCCOCCCCCC. The van der Waals surface area contributed by atoms with Crippen LogP contribution in [0.1, 0.15) is 142 Å². The molecule has 0 unspecified atom stereocenters. The minimum absolute atomic E-state index is 0.976. The molecular weight excluding hydrogens is 344 g/mol. The first-order chi connectivity index (χ1) is 13.9. The summed E-state index contributed by atoms with van der Waals surface area (Å²) in [6, 6.07) is 0. The van der Waals surface area contributed by atoms with Gasteiger partial charge in [-0.3, -0.25) is 0 Å². The molecule has 2 heteroatoms. The van der Waals surface area contributed by atoms with Crippen LogP contribution in [0.2, 0.25) is 0 Å². The number of rotatable bonds is 25. The van der Waals surface area contributed by atoms with Crippen molar-refractivity contribution in [1.29, 1.82) is 0 Å². The monoisotopic (exact) mass is 398 g/mol. The lowest BCUT2D eigenvalue weighted by molar-refractivity contribution is 0.125. The van der Waals surface area contributed by atoms with Crippen molar-refractivity contribution < 1.29 is 9.47 Å². The van der Waals surface area contributed by atoms with Crippen molar-refractivity contribution in [3.8, 4) is 0 Å². The van der Waals surface area contributed by atoms with Gasteiger partial charge in [0.25, 0.3) is 0 Å². The van der Waals surface area contributed by atoms with E-state index in [1.165, 1.54) is 128 Å². The highest BCUT2D eigenvalue weighted by atomic mass is 16.5. The van der Waals surface area contributed by atoms with Gasteiger partial charge in [-0.1, -0.05) is 117 Å². The van der Waals surface area contributed by atoms with Crippen molar-refractivity contribution in [1.82, 2.24) is 0 Å². The second-order valence-electron chi connectivity index (χ2n) is 8.59. The second-order valence-corrected chi connectivity index (χ2v) is 8.59. The summed E-state index contributed by atoms with van der Waals surface area (Å²) in [7, 11) is 0. The van der Waals surface area contributed by atoms with Crippen LogP contribution in [0.4, 0.5) is 0 Å². The number of hydrogen-bond donors (Lipinski definition) is 0. The van der Waals surface area contributed by atoms with E-state index in [0.717, 1.165) is 26.4 Å². The third-order valence-corrected chi connectivity index (χ3v) is 5.61. The van der Waals surface area contributed by atoms with E-state index in [0.29, 0.717) is 0 Å². The molecule has 0 N–H and O–H groups in total. The van der Waals surface area contributed by atoms with Gasteiger partial charge in [0, 0.05) is 26.4 Å². The van der Waals surface area contributed by atoms with E-state index in [9.17, 15) is 0 Å². The Kier molecular flexibility index (Phi) is 26.8. The fraction of sp³-hybridized carbons (Fsp3) is 1.00. The minimum atomic E-state index is 0.976. The fourth-order valence-electron chi connectivity index (χ4n) is 3.64. The first kappa shape index (κ1) is 27.9. The molecule has 0 aromatic rings. The van der Waals surface area contributed by atoms with Crippen molar-refractivity contribution in [3.63, 3.8) is 0 Å². The van der Waals surface area contributed by atoms with Gasteiger partial charge in [-0.2, -0.15) is 0 Å².